The average Bonchev–Trinajstić information content (AvgIpc) is 3.69. The van der Waals surface area contributed by atoms with Crippen LogP contribution in [0.4, 0.5) is 15.9 Å². The summed E-state index contributed by atoms with van der Waals surface area (Å²) >= 11 is 0. The van der Waals surface area contributed by atoms with Crippen LogP contribution >= 0.6 is 0 Å². The number of carbonyl (C=O) groups excluding carboxylic acids is 1. The predicted octanol–water partition coefficient (Wildman–Crippen LogP) is 5.68. The van der Waals surface area contributed by atoms with E-state index >= 15 is 0 Å². The Morgan fingerprint density at radius 3 is 2.45 bits per heavy atom. The van der Waals surface area contributed by atoms with E-state index in [1.165, 1.54) is 6.07 Å². The lowest BCUT2D eigenvalue weighted by molar-refractivity contribution is -0.116. The Labute approximate surface area is 192 Å². The molecule has 1 N–H and O–H groups in total. The summed E-state index contributed by atoms with van der Waals surface area (Å²) in [5, 5.41) is 3.65. The van der Waals surface area contributed by atoms with Crippen LogP contribution in [0.25, 0.3) is 10.9 Å². The van der Waals surface area contributed by atoms with Crippen molar-refractivity contribution in [3.8, 4) is 0 Å². The van der Waals surface area contributed by atoms with Gasteiger partial charge < -0.3 is 10.2 Å². The van der Waals surface area contributed by atoms with E-state index in [-0.39, 0.29) is 18.0 Å². The summed E-state index contributed by atoms with van der Waals surface area (Å²) < 4.78 is 14.0. The molecule has 1 heterocycles. The van der Waals surface area contributed by atoms with Crippen molar-refractivity contribution in [2.75, 3.05) is 16.8 Å². The third-order valence-electron chi connectivity index (χ3n) is 5.82. The fourth-order valence-corrected chi connectivity index (χ4v) is 3.92. The minimum Gasteiger partial charge on any atom is -0.351 e. The van der Waals surface area contributed by atoms with Gasteiger partial charge in [-0.15, -0.1) is 0 Å². The molecule has 1 aliphatic carbocycles. The van der Waals surface area contributed by atoms with Gasteiger partial charge in [-0.25, -0.2) is 14.4 Å². The van der Waals surface area contributed by atoms with Crippen LogP contribution < -0.4 is 10.2 Å². The molecule has 0 saturated heterocycles. The third-order valence-corrected chi connectivity index (χ3v) is 5.82. The molecule has 0 aliphatic heterocycles. The zero-order chi connectivity index (χ0) is 22.6. The number of fused-ring (bicyclic) bond motifs is 1. The molecule has 0 atom stereocenters. The molecule has 0 radical (unpaired) electrons. The normalized spacial score (nSPS) is 13.1. The Kier molecular flexibility index (Phi) is 5.98. The van der Waals surface area contributed by atoms with Crippen molar-refractivity contribution in [2.45, 2.75) is 31.7 Å². The first-order valence-corrected chi connectivity index (χ1v) is 11.3. The van der Waals surface area contributed by atoms with Crippen molar-refractivity contribution in [1.29, 1.82) is 0 Å². The lowest BCUT2D eigenvalue weighted by Gasteiger charge is -2.25. The zero-order valence-corrected chi connectivity index (χ0v) is 18.2. The second kappa shape index (κ2) is 9.36. The van der Waals surface area contributed by atoms with Crippen molar-refractivity contribution >= 4 is 28.3 Å². The van der Waals surface area contributed by atoms with Gasteiger partial charge in [0, 0.05) is 30.8 Å². The standard InChI is InChI=1S/C27H25FN4O/c28-22-11-5-7-13-24(22)29-25(33)16-17-32(18-19-8-2-1-3-9-19)27-21-10-4-6-12-23(21)30-26(31-27)20-14-15-20/h1-13,20H,14-18H2,(H,29,33). The number of para-hydroxylation sites is 2. The molecule has 1 amide bonds. The van der Waals surface area contributed by atoms with E-state index in [9.17, 15) is 9.18 Å². The molecular weight excluding hydrogens is 415 g/mol. The summed E-state index contributed by atoms with van der Waals surface area (Å²) in [6.45, 7) is 1.05. The predicted molar refractivity (Wildman–Crippen MR) is 129 cm³/mol. The van der Waals surface area contributed by atoms with Crippen molar-refractivity contribution in [3.05, 3.63) is 96.1 Å². The number of hydrogen-bond acceptors (Lipinski definition) is 4. The third kappa shape index (κ3) is 5.00. The first-order valence-electron chi connectivity index (χ1n) is 11.3. The highest BCUT2D eigenvalue weighted by Crippen LogP contribution is 2.40. The number of anilines is 2. The van der Waals surface area contributed by atoms with Gasteiger partial charge in [-0.3, -0.25) is 4.79 Å². The average molecular weight is 441 g/mol. The van der Waals surface area contributed by atoms with E-state index < -0.39 is 5.82 Å². The maximum Gasteiger partial charge on any atom is 0.226 e. The monoisotopic (exact) mass is 440 g/mol. The number of halogens is 1. The number of nitrogens with one attached hydrogen (secondary N) is 1. The molecule has 0 bridgehead atoms. The number of benzene rings is 3. The van der Waals surface area contributed by atoms with Crippen molar-refractivity contribution in [3.63, 3.8) is 0 Å². The molecule has 33 heavy (non-hydrogen) atoms. The van der Waals surface area contributed by atoms with Crippen LogP contribution in [0.15, 0.2) is 78.9 Å². The van der Waals surface area contributed by atoms with Crippen LogP contribution in [0.2, 0.25) is 0 Å². The molecule has 0 spiro atoms. The Morgan fingerprint density at radius 2 is 1.67 bits per heavy atom. The number of carbonyl (C=O) groups is 1. The van der Waals surface area contributed by atoms with Crippen LogP contribution in [0, 0.1) is 5.82 Å². The number of aromatic nitrogens is 2. The largest absolute Gasteiger partial charge is 0.351 e. The van der Waals surface area contributed by atoms with Crippen LogP contribution in [0.1, 0.15) is 36.6 Å². The van der Waals surface area contributed by atoms with E-state index in [0.29, 0.717) is 19.0 Å². The summed E-state index contributed by atoms with van der Waals surface area (Å²) in [7, 11) is 0. The first-order chi connectivity index (χ1) is 16.2. The van der Waals surface area contributed by atoms with Crippen molar-refractivity contribution in [1.82, 2.24) is 9.97 Å². The van der Waals surface area contributed by atoms with E-state index in [1.807, 2.05) is 42.5 Å². The first kappa shape index (κ1) is 21.1. The van der Waals surface area contributed by atoms with E-state index in [4.69, 9.17) is 9.97 Å². The van der Waals surface area contributed by atoms with Crippen LogP contribution in [-0.2, 0) is 11.3 Å². The fraction of sp³-hybridized carbons (Fsp3) is 0.222. The maximum atomic E-state index is 14.0. The second-order valence-electron chi connectivity index (χ2n) is 8.38. The quantitative estimate of drug-likeness (QED) is 0.383. The molecule has 166 valence electrons. The Hall–Kier alpha value is -3.80. The SMILES string of the molecule is O=C(CCN(Cc1ccccc1)c1nc(C2CC2)nc2ccccc12)Nc1ccccc1F. The van der Waals surface area contributed by atoms with Gasteiger partial charge in [0.15, 0.2) is 0 Å². The highest BCUT2D eigenvalue weighted by Gasteiger charge is 2.28. The van der Waals surface area contributed by atoms with Gasteiger partial charge >= 0.3 is 0 Å². The molecule has 1 saturated carbocycles. The molecule has 5 rings (SSSR count). The highest BCUT2D eigenvalue weighted by atomic mass is 19.1. The Balaban J connectivity index is 1.44. The molecule has 1 aliphatic rings. The minimum absolute atomic E-state index is 0.195. The molecule has 1 fully saturated rings. The Bertz CT molecular complexity index is 1270. The van der Waals surface area contributed by atoms with E-state index in [1.54, 1.807) is 18.2 Å². The van der Waals surface area contributed by atoms with Gasteiger partial charge in [0.1, 0.15) is 17.5 Å². The van der Waals surface area contributed by atoms with E-state index in [2.05, 4.69) is 22.3 Å². The smallest absolute Gasteiger partial charge is 0.226 e. The topological polar surface area (TPSA) is 58.1 Å². The van der Waals surface area contributed by atoms with E-state index in [0.717, 1.165) is 41.0 Å². The van der Waals surface area contributed by atoms with Crippen molar-refractivity contribution < 1.29 is 9.18 Å². The lowest BCUT2D eigenvalue weighted by Crippen LogP contribution is -2.29. The summed E-state index contributed by atoms with van der Waals surface area (Å²) in [5.41, 5.74) is 2.24. The number of hydrogen-bond donors (Lipinski definition) is 1. The molecule has 0 unspecified atom stereocenters. The second-order valence-corrected chi connectivity index (χ2v) is 8.38. The number of nitrogens with zero attached hydrogens (tertiary/aromatic N) is 3. The van der Waals surface area contributed by atoms with Crippen molar-refractivity contribution in [2.24, 2.45) is 0 Å². The Morgan fingerprint density at radius 1 is 0.939 bits per heavy atom. The molecular formula is C27H25FN4O. The molecule has 4 aromatic rings. The molecule has 1 aromatic heterocycles. The summed E-state index contributed by atoms with van der Waals surface area (Å²) in [4.78, 5) is 24.5. The zero-order valence-electron chi connectivity index (χ0n) is 18.2. The summed E-state index contributed by atoms with van der Waals surface area (Å²) in [6.07, 6.45) is 2.43. The fourth-order valence-electron chi connectivity index (χ4n) is 3.92. The van der Waals surface area contributed by atoms with Gasteiger partial charge in [0.05, 0.1) is 11.2 Å². The maximum absolute atomic E-state index is 14.0. The van der Waals surface area contributed by atoms with Crippen LogP contribution in [-0.4, -0.2) is 22.4 Å². The lowest BCUT2D eigenvalue weighted by atomic mass is 10.1. The van der Waals surface area contributed by atoms with Gasteiger partial charge in [0.2, 0.25) is 5.91 Å². The van der Waals surface area contributed by atoms with Gasteiger partial charge in [-0.1, -0.05) is 54.6 Å². The van der Waals surface area contributed by atoms with Gasteiger partial charge in [0.25, 0.3) is 0 Å². The van der Waals surface area contributed by atoms with Crippen LogP contribution in [0.5, 0.6) is 0 Å². The summed E-state index contributed by atoms with van der Waals surface area (Å²) in [6, 6.07) is 24.3. The minimum atomic E-state index is -0.442. The molecule has 3 aromatic carbocycles. The molecule has 6 heteroatoms. The van der Waals surface area contributed by atoms with Crippen LogP contribution in [0.3, 0.4) is 0 Å². The van der Waals surface area contributed by atoms with Gasteiger partial charge in [-0.05, 0) is 42.7 Å². The van der Waals surface area contributed by atoms with Gasteiger partial charge in [-0.2, -0.15) is 0 Å². The number of rotatable bonds is 8. The highest BCUT2D eigenvalue weighted by molar-refractivity contribution is 5.92. The molecule has 5 nitrogen and oxygen atoms in total. The summed E-state index contributed by atoms with van der Waals surface area (Å²) in [5.74, 6) is 1.45. The number of amides is 1.